The van der Waals surface area contributed by atoms with E-state index in [0.29, 0.717) is 23.3 Å². The molecular weight excluding hydrogens is 1050 g/mol. The van der Waals surface area contributed by atoms with Gasteiger partial charge in [0, 0.05) is 60.0 Å². The second-order valence-corrected chi connectivity index (χ2v) is 25.7. The fourth-order valence-corrected chi connectivity index (χ4v) is 18.5. The van der Waals surface area contributed by atoms with Gasteiger partial charge in [0.1, 0.15) is 0 Å². The van der Waals surface area contributed by atoms with Crippen molar-refractivity contribution in [3.8, 4) is 40.7 Å². The quantitative estimate of drug-likeness (QED) is 0.107. The van der Waals surface area contributed by atoms with Gasteiger partial charge < -0.3 is 9.13 Å². The van der Waals surface area contributed by atoms with Crippen LogP contribution < -0.4 is 20.7 Å². The first kappa shape index (κ1) is 48.3. The smallest absolute Gasteiger partial charge is 0.240 e. The molecule has 12 aromatic carbocycles. The van der Waals surface area contributed by atoms with Crippen molar-refractivity contribution < 1.29 is 0 Å². The highest BCUT2D eigenvalue weighted by Crippen LogP contribution is 2.40. The van der Waals surface area contributed by atoms with Crippen LogP contribution in [0.3, 0.4) is 0 Å². The monoisotopic (exact) mass is 1100 g/mol. The molecule has 0 aliphatic heterocycles. The van der Waals surface area contributed by atoms with Gasteiger partial charge in [0.2, 0.25) is 11.9 Å². The Balaban J connectivity index is 0.903. The molecule has 9 heteroatoms. The van der Waals surface area contributed by atoms with E-state index < -0.39 is 8.07 Å². The molecule has 0 fully saturated rings. The van der Waals surface area contributed by atoms with Crippen LogP contribution >= 0.6 is 0 Å². The van der Waals surface area contributed by atoms with Crippen molar-refractivity contribution in [3.63, 3.8) is 0 Å². The van der Waals surface area contributed by atoms with Crippen molar-refractivity contribution in [3.05, 3.63) is 297 Å². The Morgan fingerprint density at radius 1 is 0.271 bits per heavy atom. The molecule has 0 aliphatic carbocycles. The first-order valence-electron chi connectivity index (χ1n) is 28.7. The van der Waals surface area contributed by atoms with Crippen LogP contribution in [0.4, 0.5) is 0 Å². The second kappa shape index (κ2) is 19.1. The third kappa shape index (κ3) is 7.29. The molecule has 0 atom stereocenters. The van der Waals surface area contributed by atoms with Gasteiger partial charge >= 0.3 is 0 Å². The maximum Gasteiger partial charge on any atom is 0.240 e. The molecule has 396 valence electrons. The van der Waals surface area contributed by atoms with Crippen LogP contribution in [0.25, 0.3) is 122 Å². The molecule has 0 saturated carbocycles. The molecular formula is C76H48N8Si. The van der Waals surface area contributed by atoms with Gasteiger partial charge in [0.05, 0.1) is 55.8 Å². The van der Waals surface area contributed by atoms with Gasteiger partial charge in [-0.15, -0.1) is 0 Å². The van der Waals surface area contributed by atoms with Crippen molar-refractivity contribution in [2.45, 2.75) is 0 Å². The summed E-state index contributed by atoms with van der Waals surface area (Å²) in [6.07, 6.45) is 0. The van der Waals surface area contributed by atoms with Gasteiger partial charge in [0.25, 0.3) is 0 Å². The van der Waals surface area contributed by atoms with Crippen LogP contribution in [-0.4, -0.2) is 41.3 Å². The van der Waals surface area contributed by atoms with Gasteiger partial charge in [-0.2, -0.15) is 20.2 Å². The minimum atomic E-state index is -2.85. The maximum atomic E-state index is 9.94. The molecule has 0 spiro atoms. The average Bonchev–Trinajstić information content (AvgIpc) is 2.61. The van der Waals surface area contributed by atoms with Crippen molar-refractivity contribution in [1.82, 2.24) is 33.2 Å². The van der Waals surface area contributed by atoms with E-state index in [4.69, 9.17) is 15.0 Å². The molecule has 85 heavy (non-hydrogen) atoms. The van der Waals surface area contributed by atoms with E-state index in [1.165, 1.54) is 31.5 Å². The van der Waals surface area contributed by atoms with E-state index in [1.54, 1.807) is 0 Å². The summed E-state index contributed by atoms with van der Waals surface area (Å²) in [5, 5.41) is 24.0. The Morgan fingerprint density at radius 2 is 0.588 bits per heavy atom. The fourth-order valence-electron chi connectivity index (χ4n) is 13.8. The van der Waals surface area contributed by atoms with E-state index >= 15 is 0 Å². The van der Waals surface area contributed by atoms with E-state index in [9.17, 15) is 5.26 Å². The molecule has 0 N–H and O–H groups in total. The van der Waals surface area contributed by atoms with Gasteiger partial charge in [-0.3, -0.25) is 9.13 Å². The number of fused-ring (bicyclic) bond motifs is 12. The predicted molar refractivity (Wildman–Crippen MR) is 351 cm³/mol. The zero-order valence-corrected chi connectivity index (χ0v) is 46.8. The van der Waals surface area contributed by atoms with Crippen LogP contribution in [0, 0.1) is 11.3 Å². The molecule has 5 heterocycles. The Morgan fingerprint density at radius 3 is 1.00 bits per heavy atom. The SMILES string of the molecule is N#Cc1ccc2c(c1)c1ccccc1n2-c1ccc2c(c1)c1ccccc1n2-c1nc(-c2ccc([Si](c3ccccc3)(c3ccccc3)c3ccccc3)cc2)nc(-n2c3ccccc3c3cc(-n4c5ccccc5c5ccccc54)ccc32)n1. The number of hydrogen-bond donors (Lipinski definition) is 0. The molecule has 0 radical (unpaired) electrons. The van der Waals surface area contributed by atoms with Crippen LogP contribution in [-0.2, 0) is 0 Å². The Hall–Kier alpha value is -11.4. The first-order valence-corrected chi connectivity index (χ1v) is 30.7. The summed E-state index contributed by atoms with van der Waals surface area (Å²) in [5.74, 6) is 1.56. The molecule has 0 unspecified atom stereocenters. The summed E-state index contributed by atoms with van der Waals surface area (Å²) in [6, 6.07) is 107. The zero-order chi connectivity index (χ0) is 56.2. The molecule has 8 nitrogen and oxygen atoms in total. The van der Waals surface area contributed by atoms with E-state index in [0.717, 1.165) is 93.4 Å². The molecule has 17 aromatic rings. The lowest BCUT2D eigenvalue weighted by Crippen LogP contribution is -2.74. The number of hydrogen-bond acceptors (Lipinski definition) is 4. The van der Waals surface area contributed by atoms with Crippen LogP contribution in [0.2, 0.25) is 0 Å². The van der Waals surface area contributed by atoms with Crippen LogP contribution in [0.15, 0.2) is 291 Å². The highest BCUT2D eigenvalue weighted by atomic mass is 28.3. The van der Waals surface area contributed by atoms with Crippen LogP contribution in [0.1, 0.15) is 5.56 Å². The average molecular weight is 1100 g/mol. The molecule has 0 aliphatic rings. The third-order valence-electron chi connectivity index (χ3n) is 17.4. The number of nitrogens with zero attached hydrogens (tertiary/aromatic N) is 8. The topological polar surface area (TPSA) is 82.2 Å². The lowest BCUT2D eigenvalue weighted by atomic mass is 10.1. The Labute approximate surface area is 489 Å². The van der Waals surface area contributed by atoms with Gasteiger partial charge in [-0.1, -0.05) is 206 Å². The normalized spacial score (nSPS) is 12.0. The fraction of sp³-hybridized carbons (Fsp3) is 0. The number of rotatable bonds is 9. The predicted octanol–water partition coefficient (Wildman–Crippen LogP) is 15.2. The third-order valence-corrected chi connectivity index (χ3v) is 22.2. The number of benzene rings is 12. The maximum absolute atomic E-state index is 9.94. The zero-order valence-electron chi connectivity index (χ0n) is 45.8. The largest absolute Gasteiger partial charge is 0.309 e. The highest BCUT2D eigenvalue weighted by Gasteiger charge is 2.41. The molecule has 5 aromatic heterocycles. The Kier molecular flexibility index (Phi) is 10.8. The molecule has 0 bridgehead atoms. The van der Waals surface area contributed by atoms with E-state index in [2.05, 4.69) is 303 Å². The summed E-state index contributed by atoms with van der Waals surface area (Å²) in [5.41, 5.74) is 11.9. The summed E-state index contributed by atoms with van der Waals surface area (Å²) >= 11 is 0. The van der Waals surface area contributed by atoms with Gasteiger partial charge in [-0.05, 0) is 106 Å². The highest BCUT2D eigenvalue weighted by molar-refractivity contribution is 7.19. The number of nitriles is 1. The minimum Gasteiger partial charge on any atom is -0.309 e. The summed E-state index contributed by atoms with van der Waals surface area (Å²) in [7, 11) is -2.85. The van der Waals surface area contributed by atoms with Crippen molar-refractivity contribution >= 4 is 116 Å². The minimum absolute atomic E-state index is 0.498. The first-order chi connectivity index (χ1) is 42.1. The number of aromatic nitrogens is 7. The molecule has 0 saturated heterocycles. The van der Waals surface area contributed by atoms with Gasteiger partial charge in [-0.25, -0.2) is 0 Å². The van der Waals surface area contributed by atoms with Gasteiger partial charge in [0.15, 0.2) is 13.9 Å². The lowest BCUT2D eigenvalue weighted by Gasteiger charge is -2.34. The summed E-state index contributed by atoms with van der Waals surface area (Å²) < 4.78 is 9.10. The van der Waals surface area contributed by atoms with Crippen molar-refractivity contribution in [1.29, 1.82) is 5.26 Å². The van der Waals surface area contributed by atoms with Crippen molar-refractivity contribution in [2.75, 3.05) is 0 Å². The van der Waals surface area contributed by atoms with E-state index in [1.807, 2.05) is 12.1 Å². The lowest BCUT2D eigenvalue weighted by molar-refractivity contribution is 0.892. The second-order valence-electron chi connectivity index (χ2n) is 21.9. The van der Waals surface area contributed by atoms with Crippen molar-refractivity contribution in [2.24, 2.45) is 0 Å². The van der Waals surface area contributed by atoms with Crippen LogP contribution in [0.5, 0.6) is 0 Å². The molecule has 0 amide bonds. The standard InChI is InChI=1S/C76H48N8Si/c77-49-50-36-43-71-63(46-50)60-28-12-17-33-68(60)82(71)53-40-45-73-65(48-53)62-30-14-19-35-70(62)84(73)76-79-74(51-37-41-57(42-38-51)85(54-20-4-1-5-21-54,55-22-6-2-7-23-55)56-24-8-3-9-25-56)78-75(80-76)83-69-34-18-13-29-61(69)64-47-52(39-44-72(64)83)81-66-31-15-10-26-58(66)59-27-11-16-32-67(59)81/h1-48H. The Bertz CT molecular complexity index is 5410. The summed E-state index contributed by atoms with van der Waals surface area (Å²) in [4.78, 5) is 16.7. The number of para-hydroxylation sites is 5. The summed E-state index contributed by atoms with van der Waals surface area (Å²) in [6.45, 7) is 0. The molecule has 17 rings (SSSR count). The van der Waals surface area contributed by atoms with E-state index in [-0.39, 0.29) is 0 Å².